The molecule has 614 valence electrons. The van der Waals surface area contributed by atoms with E-state index >= 15 is 13.7 Å². The van der Waals surface area contributed by atoms with E-state index in [1.807, 2.05) is 164 Å². The molecular weight excluding hydrogens is 1650 g/mol. The number of hydrogen-bond acceptors (Lipinski definition) is 3. The van der Waals surface area contributed by atoms with Gasteiger partial charge < -0.3 is 27.4 Å². The smallest absolute Gasteiger partial charge is 0.172 e. The Morgan fingerprint density at radius 3 is 0.863 bits per heavy atom. The van der Waals surface area contributed by atoms with Crippen LogP contribution in [-0.2, 0) is 13.7 Å². The number of nitrogens with zero attached hydrogens (tertiary/aromatic N) is 3. The summed E-state index contributed by atoms with van der Waals surface area (Å²) in [5, 5.41) is 26.1. The Hall–Kier alpha value is -15.8. The summed E-state index contributed by atoms with van der Waals surface area (Å²) in [5.41, 5.74) is 19.2. The number of rotatable bonds is 8. The average Bonchev–Trinajstić information content (AvgIpc) is 1.51. The van der Waals surface area contributed by atoms with Crippen molar-refractivity contribution < 1.29 is 20.5 Å². The van der Waals surface area contributed by atoms with Gasteiger partial charge in [0.1, 0.15) is 0 Å². The number of para-hydroxylation sites is 4. The molecule has 3 unspecified atom stereocenters. The third-order valence-corrected chi connectivity index (χ3v) is 36.9. The first-order chi connectivity index (χ1) is 66.8. The summed E-state index contributed by atoms with van der Waals surface area (Å²) < 4.78 is 94.6. The number of fused-ring (bicyclic) bond motifs is 23. The van der Waals surface area contributed by atoms with E-state index in [-0.39, 0.29) is 29.9 Å². The molecule has 3 aliphatic rings. The van der Waals surface area contributed by atoms with Gasteiger partial charge in [-0.3, -0.25) is 0 Å². The van der Waals surface area contributed by atoms with Crippen molar-refractivity contribution in [3.63, 3.8) is 0 Å². The van der Waals surface area contributed by atoms with E-state index in [0.717, 1.165) is 141 Å². The Bertz CT molecular complexity index is 9480. The molecule has 3 aliphatic heterocycles. The third kappa shape index (κ3) is 11.3. The first-order valence-corrected chi connectivity index (χ1v) is 49.4. The van der Waals surface area contributed by atoms with Gasteiger partial charge in [-0.1, -0.05) is 406 Å². The van der Waals surface area contributed by atoms with Crippen LogP contribution in [0.3, 0.4) is 0 Å². The van der Waals surface area contributed by atoms with Crippen LogP contribution in [0.1, 0.15) is 6.85 Å². The zero-order chi connectivity index (χ0) is 91.1. The second-order valence-electron chi connectivity index (χ2n) is 34.1. The van der Waals surface area contributed by atoms with Gasteiger partial charge in [-0.05, 0) is 155 Å². The van der Waals surface area contributed by atoms with Crippen LogP contribution >= 0.6 is 21.4 Å². The molecule has 0 bridgehead atoms. The highest BCUT2D eigenvalue weighted by atomic mass is 31.2. The summed E-state index contributed by atoms with van der Waals surface area (Å²) in [5.74, 6) is 0. The molecule has 3 aromatic heterocycles. The predicted octanol–water partition coefficient (Wildman–Crippen LogP) is 28.3. The molecular formula is C122H78N3O3P3. The topological polar surface area (TPSA) is 66.0 Å². The molecule has 0 N–H and O–H groups in total. The van der Waals surface area contributed by atoms with E-state index in [1.165, 1.54) is 81.8 Å². The molecule has 25 aromatic rings. The van der Waals surface area contributed by atoms with Gasteiger partial charge in [0.25, 0.3) is 0 Å². The SMILES string of the molecule is O=P1(c2ccccc2)c2ccccc2-c2cc3c(cc21)c1ccccc1n3-c1c2ccccc2c(-c2cccc3ccccc23)c2ccccc12.O=P1(c2ccccc2)c2ccccc2-c2cc3c(cc21)c1ccccc1n3-c1c2ccccc2c(-c2ccccc2)c2ccccc12.[2H]c1c([2H])c([2H])c(-n2c3ccccc3c3cc4c(cc32)-c2ccccc2P4(=O)c2ccccc2)c([2H])c1[2H]. The molecule has 0 spiro atoms. The van der Waals surface area contributed by atoms with Crippen molar-refractivity contribution in [1.29, 1.82) is 0 Å². The summed E-state index contributed by atoms with van der Waals surface area (Å²) in [4.78, 5) is 0. The van der Waals surface area contributed by atoms with Crippen LogP contribution in [0.4, 0.5) is 0 Å². The van der Waals surface area contributed by atoms with E-state index < -0.39 is 27.5 Å². The van der Waals surface area contributed by atoms with Gasteiger partial charge in [0.15, 0.2) is 21.4 Å². The lowest BCUT2D eigenvalue weighted by Gasteiger charge is -2.20. The van der Waals surface area contributed by atoms with Gasteiger partial charge >= 0.3 is 0 Å². The molecule has 0 aliphatic carbocycles. The summed E-state index contributed by atoms with van der Waals surface area (Å²) in [6.07, 6.45) is 0. The molecule has 9 heteroatoms. The van der Waals surface area contributed by atoms with Gasteiger partial charge in [-0.25, -0.2) is 0 Å². The average molecular weight is 1730 g/mol. The molecule has 6 heterocycles. The molecule has 6 nitrogen and oxygen atoms in total. The fourth-order valence-corrected chi connectivity index (χ4v) is 31.1. The first kappa shape index (κ1) is 71.3. The minimum atomic E-state index is -3.16. The van der Waals surface area contributed by atoms with Crippen molar-refractivity contribution in [2.45, 2.75) is 0 Å². The lowest BCUT2D eigenvalue weighted by atomic mass is 9.88. The Morgan fingerprint density at radius 1 is 0.191 bits per heavy atom. The standard InChI is InChI=1S/C48H30NOP.C44H28NOP.C30H20NOP/c50-51(32-17-2-1-3-18-32)45-28-13-11-21-35(45)42-29-44-41(30-46(42)51)34-20-10-12-27-43(34)49(44)48-39-24-8-6-22-37(39)47(38-23-7-9-25-40(38)48)36-26-14-16-31-15-4-5-19-33(31)36;46-47(30-17-5-2-6-18-30)41-26-14-12-20-32(41)38-27-40-37(28-42(38)47)31-19-11-13-25-39(31)45(40)44-35-23-9-7-21-33(35)43(29-15-3-1-4-16-29)34-22-8-10-24-36(34)44;32-33(22-13-5-2-6-14-22)29-18-10-8-16-24(29)26-19-28-25(20-30(26)33)23-15-7-9-17-27(23)31(28)21-11-3-1-4-12-21/h1-30H;1-28H;1-20H/i;;1D,3D,4D,11D,12D. The Labute approximate surface area is 763 Å². The van der Waals surface area contributed by atoms with Gasteiger partial charge in [0, 0.05) is 107 Å². The molecule has 0 radical (unpaired) electrons. The highest BCUT2D eigenvalue weighted by Gasteiger charge is 2.45. The van der Waals surface area contributed by atoms with E-state index in [2.05, 4.69) is 288 Å². The Balaban J connectivity index is 0.000000107. The second kappa shape index (κ2) is 29.9. The number of aromatic nitrogens is 3. The van der Waals surface area contributed by atoms with Crippen LogP contribution in [0.5, 0.6) is 0 Å². The number of benzene rings is 22. The molecule has 0 amide bonds. The third-order valence-electron chi connectivity index (χ3n) is 27.4. The zero-order valence-electron chi connectivity index (χ0n) is 75.6. The van der Waals surface area contributed by atoms with Crippen LogP contribution in [0.2, 0.25) is 0 Å². The largest absolute Gasteiger partial charge is 0.309 e. The van der Waals surface area contributed by atoms with Crippen LogP contribution in [0.25, 0.3) is 192 Å². The Morgan fingerprint density at radius 2 is 0.473 bits per heavy atom. The van der Waals surface area contributed by atoms with E-state index in [0.29, 0.717) is 11.0 Å². The molecule has 0 saturated carbocycles. The van der Waals surface area contributed by atoms with Gasteiger partial charge in [0.2, 0.25) is 0 Å². The highest BCUT2D eigenvalue weighted by Crippen LogP contribution is 2.59. The maximum Gasteiger partial charge on any atom is 0.172 e. The van der Waals surface area contributed by atoms with Crippen molar-refractivity contribution in [3.8, 4) is 72.7 Å². The minimum absolute atomic E-state index is 0.0969. The fourth-order valence-electron chi connectivity index (χ4n) is 21.9. The van der Waals surface area contributed by atoms with Crippen LogP contribution < -0.4 is 47.7 Å². The van der Waals surface area contributed by atoms with E-state index in [4.69, 9.17) is 6.85 Å². The van der Waals surface area contributed by atoms with E-state index in [1.54, 1.807) is 4.57 Å². The minimum Gasteiger partial charge on any atom is -0.309 e. The van der Waals surface area contributed by atoms with Crippen molar-refractivity contribution in [2.75, 3.05) is 0 Å². The predicted molar refractivity (Wildman–Crippen MR) is 556 cm³/mol. The van der Waals surface area contributed by atoms with Gasteiger partial charge in [-0.15, -0.1) is 0 Å². The molecule has 0 fully saturated rings. The molecule has 131 heavy (non-hydrogen) atoms. The highest BCUT2D eigenvalue weighted by molar-refractivity contribution is 7.87. The van der Waals surface area contributed by atoms with Crippen molar-refractivity contribution in [3.05, 3.63) is 473 Å². The van der Waals surface area contributed by atoms with Crippen LogP contribution in [-0.4, -0.2) is 13.7 Å². The maximum absolute atomic E-state index is 15.5. The summed E-state index contributed by atoms with van der Waals surface area (Å²) >= 11 is 0. The zero-order valence-corrected chi connectivity index (χ0v) is 73.2. The molecule has 0 saturated heterocycles. The van der Waals surface area contributed by atoms with Crippen molar-refractivity contribution in [2.24, 2.45) is 0 Å². The second-order valence-corrected chi connectivity index (χ2v) is 42.2. The quantitative estimate of drug-likeness (QED) is 0.112. The fraction of sp³-hybridized carbons (Fsp3) is 0. The van der Waals surface area contributed by atoms with E-state index in [9.17, 15) is 0 Å². The van der Waals surface area contributed by atoms with Gasteiger partial charge in [-0.2, -0.15) is 0 Å². The first-order valence-electron chi connectivity index (χ1n) is 46.8. The van der Waals surface area contributed by atoms with Crippen LogP contribution in [0, 0.1) is 0 Å². The summed E-state index contributed by atoms with van der Waals surface area (Å²) in [6, 6.07) is 152. The Kier molecular flexibility index (Phi) is 16.3. The monoisotopic (exact) mass is 1730 g/mol. The lowest BCUT2D eigenvalue weighted by Crippen LogP contribution is -2.20. The maximum atomic E-state index is 15.5. The normalized spacial score (nSPS) is 16.2. The van der Waals surface area contributed by atoms with Crippen LogP contribution in [0.15, 0.2) is 473 Å². The summed E-state index contributed by atoms with van der Waals surface area (Å²) in [7, 11) is -9.33. The number of hydrogen-bond donors (Lipinski definition) is 0. The van der Waals surface area contributed by atoms with Crippen molar-refractivity contribution >= 4 is 188 Å². The molecule has 3 atom stereocenters. The van der Waals surface area contributed by atoms with Crippen molar-refractivity contribution in [1.82, 2.24) is 13.7 Å². The molecule has 22 aromatic carbocycles. The molecule has 28 rings (SSSR count). The van der Waals surface area contributed by atoms with Gasteiger partial charge in [0.05, 0.1) is 51.3 Å². The lowest BCUT2D eigenvalue weighted by molar-refractivity contribution is 0.592. The summed E-state index contributed by atoms with van der Waals surface area (Å²) in [6.45, 7) is 0.